The fraction of sp³-hybridized carbons (Fsp3) is 0.357. The molecule has 0 N–H and O–H groups in total. The van der Waals surface area contributed by atoms with Crippen LogP contribution in [-0.4, -0.2) is 5.78 Å². The topological polar surface area (TPSA) is 17.1 Å². The van der Waals surface area contributed by atoms with Crippen molar-refractivity contribution in [1.29, 1.82) is 0 Å². The predicted molar refractivity (Wildman–Crippen MR) is 64.1 cm³/mol. The van der Waals surface area contributed by atoms with Gasteiger partial charge in [-0.2, -0.15) is 0 Å². The van der Waals surface area contributed by atoms with Gasteiger partial charge in [0.15, 0.2) is 5.78 Å². The van der Waals surface area contributed by atoms with Gasteiger partial charge in [-0.3, -0.25) is 4.79 Å². The molecule has 0 aliphatic rings. The van der Waals surface area contributed by atoms with Crippen molar-refractivity contribution >= 4 is 5.78 Å². The lowest BCUT2D eigenvalue weighted by atomic mass is 10.00. The molecular weight excluding hydrogens is 184 g/mol. The Balaban J connectivity index is 2.68. The SMILES string of the molecule is C/C=C/C(=O)Cc1ccc(C(C)C)cc1. The highest BCUT2D eigenvalue weighted by molar-refractivity contribution is 5.91. The number of ketones is 1. The van der Waals surface area contributed by atoms with Gasteiger partial charge in [-0.1, -0.05) is 44.2 Å². The zero-order valence-electron chi connectivity index (χ0n) is 9.66. The second-order valence-electron chi connectivity index (χ2n) is 4.04. The molecule has 0 heterocycles. The average Bonchev–Trinajstić information content (AvgIpc) is 2.18. The predicted octanol–water partition coefficient (Wildman–Crippen LogP) is 3.50. The Hall–Kier alpha value is -1.37. The third-order valence-electron chi connectivity index (χ3n) is 2.38. The van der Waals surface area contributed by atoms with Gasteiger partial charge in [0.1, 0.15) is 0 Å². The lowest BCUT2D eigenvalue weighted by Crippen LogP contribution is -1.98. The molecule has 1 nitrogen and oxygen atoms in total. The molecule has 0 bridgehead atoms. The molecule has 1 heteroatoms. The third kappa shape index (κ3) is 3.70. The molecule has 80 valence electrons. The first-order chi connectivity index (χ1) is 7.13. The summed E-state index contributed by atoms with van der Waals surface area (Å²) in [5.41, 5.74) is 2.40. The molecule has 0 spiro atoms. The Kier molecular flexibility index (Phi) is 4.29. The van der Waals surface area contributed by atoms with Crippen molar-refractivity contribution in [3.05, 3.63) is 47.5 Å². The minimum Gasteiger partial charge on any atom is -0.294 e. The lowest BCUT2D eigenvalue weighted by Gasteiger charge is -2.05. The summed E-state index contributed by atoms with van der Waals surface area (Å²) >= 11 is 0. The van der Waals surface area contributed by atoms with E-state index < -0.39 is 0 Å². The normalized spacial score (nSPS) is 11.2. The summed E-state index contributed by atoms with van der Waals surface area (Å²) in [7, 11) is 0. The summed E-state index contributed by atoms with van der Waals surface area (Å²) in [5, 5.41) is 0. The van der Waals surface area contributed by atoms with Crippen LogP contribution in [0.25, 0.3) is 0 Å². The molecule has 0 saturated carbocycles. The number of hydrogen-bond donors (Lipinski definition) is 0. The van der Waals surface area contributed by atoms with Crippen molar-refractivity contribution in [3.63, 3.8) is 0 Å². The Morgan fingerprint density at radius 2 is 1.87 bits per heavy atom. The molecule has 0 saturated heterocycles. The van der Waals surface area contributed by atoms with Crippen molar-refractivity contribution < 1.29 is 4.79 Å². The number of rotatable bonds is 4. The first-order valence-electron chi connectivity index (χ1n) is 5.38. The highest BCUT2D eigenvalue weighted by Crippen LogP contribution is 2.14. The summed E-state index contributed by atoms with van der Waals surface area (Å²) in [5.74, 6) is 0.708. The van der Waals surface area contributed by atoms with Crippen molar-refractivity contribution in [2.24, 2.45) is 0 Å². The van der Waals surface area contributed by atoms with E-state index in [4.69, 9.17) is 0 Å². The fourth-order valence-corrected chi connectivity index (χ4v) is 1.47. The van der Waals surface area contributed by atoms with Crippen LogP contribution in [0, 0.1) is 0 Å². The van der Waals surface area contributed by atoms with Crippen LogP contribution in [0.5, 0.6) is 0 Å². The first kappa shape index (κ1) is 11.7. The van der Waals surface area contributed by atoms with Crippen LogP contribution in [0.3, 0.4) is 0 Å². The maximum atomic E-state index is 11.3. The zero-order valence-corrected chi connectivity index (χ0v) is 9.66. The fourth-order valence-electron chi connectivity index (χ4n) is 1.47. The second-order valence-corrected chi connectivity index (χ2v) is 4.04. The smallest absolute Gasteiger partial charge is 0.159 e. The summed E-state index contributed by atoms with van der Waals surface area (Å²) in [6.07, 6.45) is 3.91. The molecule has 0 aliphatic carbocycles. The molecule has 0 amide bonds. The van der Waals surface area contributed by atoms with Crippen LogP contribution < -0.4 is 0 Å². The highest BCUT2D eigenvalue weighted by Gasteiger charge is 2.01. The van der Waals surface area contributed by atoms with E-state index >= 15 is 0 Å². The molecule has 0 radical (unpaired) electrons. The largest absolute Gasteiger partial charge is 0.294 e. The minimum absolute atomic E-state index is 0.162. The van der Waals surface area contributed by atoms with Crippen molar-refractivity contribution in [2.45, 2.75) is 33.1 Å². The van der Waals surface area contributed by atoms with E-state index in [1.165, 1.54) is 5.56 Å². The van der Waals surface area contributed by atoms with Crippen LogP contribution in [-0.2, 0) is 11.2 Å². The molecule has 1 aromatic carbocycles. The van der Waals surface area contributed by atoms with Crippen LogP contribution in [0.15, 0.2) is 36.4 Å². The summed E-state index contributed by atoms with van der Waals surface area (Å²) in [6.45, 7) is 6.19. The standard InChI is InChI=1S/C14H18O/c1-4-5-14(15)10-12-6-8-13(9-7-12)11(2)3/h4-9,11H,10H2,1-3H3/b5-4+. The van der Waals surface area contributed by atoms with Gasteiger partial charge in [-0.05, 0) is 30.0 Å². The highest BCUT2D eigenvalue weighted by atomic mass is 16.1. The Morgan fingerprint density at radius 1 is 1.27 bits per heavy atom. The molecule has 15 heavy (non-hydrogen) atoms. The Morgan fingerprint density at radius 3 is 2.33 bits per heavy atom. The van der Waals surface area contributed by atoms with Gasteiger partial charge in [0.25, 0.3) is 0 Å². The molecule has 0 atom stereocenters. The molecular formula is C14H18O. The maximum absolute atomic E-state index is 11.3. The molecule has 0 aromatic heterocycles. The van der Waals surface area contributed by atoms with Gasteiger partial charge in [-0.25, -0.2) is 0 Å². The third-order valence-corrected chi connectivity index (χ3v) is 2.38. The van der Waals surface area contributed by atoms with Crippen LogP contribution in [0.4, 0.5) is 0 Å². The lowest BCUT2D eigenvalue weighted by molar-refractivity contribution is -0.114. The van der Waals surface area contributed by atoms with E-state index in [1.807, 2.05) is 19.1 Å². The Labute approximate surface area is 91.8 Å². The van der Waals surface area contributed by atoms with Gasteiger partial charge < -0.3 is 0 Å². The number of allylic oxidation sites excluding steroid dienone is 2. The van der Waals surface area contributed by atoms with E-state index in [1.54, 1.807) is 12.2 Å². The molecule has 0 fully saturated rings. The second kappa shape index (κ2) is 5.50. The van der Waals surface area contributed by atoms with Crippen LogP contribution in [0.1, 0.15) is 37.8 Å². The van der Waals surface area contributed by atoms with Crippen LogP contribution >= 0.6 is 0 Å². The number of carbonyl (C=O) groups excluding carboxylic acids is 1. The van der Waals surface area contributed by atoms with E-state index in [0.717, 1.165) is 5.56 Å². The van der Waals surface area contributed by atoms with Gasteiger partial charge in [0, 0.05) is 6.42 Å². The van der Waals surface area contributed by atoms with E-state index in [9.17, 15) is 4.79 Å². The number of hydrogen-bond acceptors (Lipinski definition) is 1. The van der Waals surface area contributed by atoms with E-state index in [2.05, 4.69) is 26.0 Å². The maximum Gasteiger partial charge on any atom is 0.159 e. The summed E-state index contributed by atoms with van der Waals surface area (Å²) in [6, 6.07) is 8.28. The zero-order chi connectivity index (χ0) is 11.3. The Bertz CT molecular complexity index is 344. The molecule has 1 aromatic rings. The van der Waals surface area contributed by atoms with Gasteiger partial charge in [0.2, 0.25) is 0 Å². The van der Waals surface area contributed by atoms with Crippen molar-refractivity contribution in [1.82, 2.24) is 0 Å². The molecule has 0 aliphatic heterocycles. The summed E-state index contributed by atoms with van der Waals surface area (Å²) < 4.78 is 0. The first-order valence-corrected chi connectivity index (χ1v) is 5.38. The number of benzene rings is 1. The summed E-state index contributed by atoms with van der Waals surface area (Å²) in [4.78, 5) is 11.3. The van der Waals surface area contributed by atoms with E-state index in [0.29, 0.717) is 12.3 Å². The quantitative estimate of drug-likeness (QED) is 0.683. The monoisotopic (exact) mass is 202 g/mol. The van der Waals surface area contributed by atoms with Crippen molar-refractivity contribution in [3.8, 4) is 0 Å². The van der Waals surface area contributed by atoms with Crippen molar-refractivity contribution in [2.75, 3.05) is 0 Å². The van der Waals surface area contributed by atoms with Gasteiger partial charge in [-0.15, -0.1) is 0 Å². The number of carbonyl (C=O) groups is 1. The molecule has 1 rings (SSSR count). The molecule has 0 unspecified atom stereocenters. The average molecular weight is 202 g/mol. The minimum atomic E-state index is 0.162. The van der Waals surface area contributed by atoms with E-state index in [-0.39, 0.29) is 5.78 Å². The van der Waals surface area contributed by atoms with Crippen LogP contribution in [0.2, 0.25) is 0 Å². The van der Waals surface area contributed by atoms with Gasteiger partial charge >= 0.3 is 0 Å². The van der Waals surface area contributed by atoms with Gasteiger partial charge in [0.05, 0.1) is 0 Å².